The second-order valence-corrected chi connectivity index (χ2v) is 12.8. The number of aliphatic hydroxyl groups is 1. The predicted octanol–water partition coefficient (Wildman–Crippen LogP) is -2.84. The number of aromatic nitrogens is 2. The number of hydrogen-bond acceptors (Lipinski definition) is 11. The molecule has 0 aliphatic carbocycles. The van der Waals surface area contributed by atoms with E-state index in [1.807, 2.05) is 0 Å². The van der Waals surface area contributed by atoms with Gasteiger partial charge in [-0.1, -0.05) is 42.5 Å². The van der Waals surface area contributed by atoms with Crippen molar-refractivity contribution in [2.24, 2.45) is 22.2 Å². The van der Waals surface area contributed by atoms with Crippen molar-refractivity contribution in [1.29, 1.82) is 0 Å². The van der Waals surface area contributed by atoms with Crippen LogP contribution in [0.5, 0.6) is 5.75 Å². The molecule has 19 nitrogen and oxygen atoms in total. The van der Waals surface area contributed by atoms with E-state index in [-0.39, 0.29) is 50.4 Å². The number of aldehydes is 1. The molecule has 3 aromatic rings. The number of benzene rings is 2. The molecule has 1 heterocycles. The van der Waals surface area contributed by atoms with E-state index in [0.29, 0.717) is 23.1 Å². The minimum atomic E-state index is -1.34. The summed E-state index contributed by atoms with van der Waals surface area (Å²) in [4.78, 5) is 89.9. The first-order valence-electron chi connectivity index (χ1n) is 17.5. The van der Waals surface area contributed by atoms with Gasteiger partial charge in [-0.25, -0.2) is 4.98 Å². The highest BCUT2D eigenvalue weighted by atomic mass is 16.3. The number of rotatable bonds is 22. The predicted molar refractivity (Wildman–Crippen MR) is 201 cm³/mol. The number of nitrogens with two attached hydrogens (primary N) is 3. The van der Waals surface area contributed by atoms with Crippen LogP contribution in [0.25, 0.3) is 0 Å². The van der Waals surface area contributed by atoms with Crippen LogP contribution < -0.4 is 43.8 Å². The Balaban J connectivity index is 1.91. The largest absolute Gasteiger partial charge is 0.508 e. The van der Waals surface area contributed by atoms with Crippen LogP contribution in [0.1, 0.15) is 36.6 Å². The van der Waals surface area contributed by atoms with Gasteiger partial charge < -0.3 is 63.8 Å². The van der Waals surface area contributed by atoms with Gasteiger partial charge in [-0.15, -0.1) is 0 Å². The van der Waals surface area contributed by atoms with Gasteiger partial charge in [0.05, 0.1) is 19.0 Å². The molecule has 6 atom stereocenters. The second-order valence-electron chi connectivity index (χ2n) is 12.8. The summed E-state index contributed by atoms with van der Waals surface area (Å²) in [6.07, 6.45) is 3.44. The van der Waals surface area contributed by atoms with E-state index in [1.165, 1.54) is 43.7 Å². The summed E-state index contributed by atoms with van der Waals surface area (Å²) in [7, 11) is 0. The molecular formula is C36H49N11O8. The summed E-state index contributed by atoms with van der Waals surface area (Å²) in [5.74, 6) is -4.01. The monoisotopic (exact) mass is 763 g/mol. The summed E-state index contributed by atoms with van der Waals surface area (Å²) in [6, 6.07) is 7.49. The van der Waals surface area contributed by atoms with Gasteiger partial charge in [-0.05, 0) is 43.0 Å². The van der Waals surface area contributed by atoms with Crippen LogP contribution in [0.15, 0.2) is 72.1 Å². The highest BCUT2D eigenvalue weighted by Gasteiger charge is 2.32. The van der Waals surface area contributed by atoms with Crippen molar-refractivity contribution in [2.75, 3.05) is 13.2 Å². The third-order valence-corrected chi connectivity index (χ3v) is 8.22. The van der Waals surface area contributed by atoms with Crippen molar-refractivity contribution < 1.29 is 39.0 Å². The Morgan fingerprint density at radius 2 is 1.31 bits per heavy atom. The quantitative estimate of drug-likeness (QED) is 0.0213. The number of aromatic hydroxyl groups is 1. The molecule has 0 unspecified atom stereocenters. The zero-order valence-electron chi connectivity index (χ0n) is 30.3. The molecule has 19 heteroatoms. The van der Waals surface area contributed by atoms with E-state index in [9.17, 15) is 39.0 Å². The van der Waals surface area contributed by atoms with Gasteiger partial charge in [0, 0.05) is 37.7 Å². The lowest BCUT2D eigenvalue weighted by molar-refractivity contribution is -0.135. The Kier molecular flexibility index (Phi) is 17.2. The summed E-state index contributed by atoms with van der Waals surface area (Å²) in [6.45, 7) is 0.879. The number of carbonyl (C=O) groups is 6. The maximum atomic E-state index is 14.0. The van der Waals surface area contributed by atoms with Crippen LogP contribution in [0.2, 0.25) is 0 Å². The Labute approximate surface area is 317 Å². The standard InChI is InChI=1S/C36H49N11O8/c1-21(18-48)43-33(53)28(14-22-6-3-2-4-7-22)46-35(55)30(16-24-17-40-20-42-24)47-32(52)27(8-5-13-41-36(38)39)44-34(54)29(45-31(51)26(37)19-49)15-23-9-11-25(50)12-10-23/h2-4,6-7,9-12,17-18,20-21,26-30,49-50H,5,8,13-16,19,37H2,1H3,(H,40,42)(H,43,53)(H,44,54)(H,45,51)(H,46,55)(H,47,52)(H4,38,39,41)/t21-,26-,27-,28-,29-,30-/m0/s1. The average molecular weight is 764 g/mol. The smallest absolute Gasteiger partial charge is 0.243 e. The highest BCUT2D eigenvalue weighted by molar-refractivity contribution is 5.96. The lowest BCUT2D eigenvalue weighted by Crippen LogP contribution is -2.60. The van der Waals surface area contributed by atoms with Crippen molar-refractivity contribution >= 4 is 41.8 Å². The summed E-state index contributed by atoms with van der Waals surface area (Å²) in [5, 5.41) is 32.2. The molecule has 55 heavy (non-hydrogen) atoms. The molecule has 5 amide bonds. The zero-order chi connectivity index (χ0) is 40.3. The first-order chi connectivity index (χ1) is 26.3. The number of phenols is 1. The number of guanidine groups is 1. The fraction of sp³-hybridized carbons (Fsp3) is 0.389. The number of amides is 5. The minimum Gasteiger partial charge on any atom is -0.508 e. The molecular weight excluding hydrogens is 714 g/mol. The van der Waals surface area contributed by atoms with Gasteiger partial charge in [0.2, 0.25) is 29.5 Å². The van der Waals surface area contributed by atoms with Crippen LogP contribution in [-0.2, 0) is 48.0 Å². The molecule has 0 saturated carbocycles. The molecule has 0 radical (unpaired) electrons. The van der Waals surface area contributed by atoms with Crippen molar-refractivity contribution in [3.05, 3.63) is 83.9 Å². The first-order valence-corrected chi connectivity index (χ1v) is 17.5. The van der Waals surface area contributed by atoms with Crippen LogP contribution in [-0.4, -0.2) is 111 Å². The number of phenolic OH excluding ortho intramolecular Hbond substituents is 1. The fourth-order valence-corrected chi connectivity index (χ4v) is 5.27. The van der Waals surface area contributed by atoms with Gasteiger partial charge in [0.1, 0.15) is 42.2 Å². The minimum absolute atomic E-state index is 0.0224. The van der Waals surface area contributed by atoms with E-state index < -0.39 is 72.4 Å². The van der Waals surface area contributed by atoms with Crippen molar-refractivity contribution in [3.8, 4) is 5.75 Å². The lowest BCUT2D eigenvalue weighted by atomic mass is 10.0. The molecule has 0 aliphatic rings. The summed E-state index contributed by atoms with van der Waals surface area (Å²) < 4.78 is 0. The Bertz CT molecular complexity index is 1740. The Morgan fingerprint density at radius 3 is 1.85 bits per heavy atom. The van der Waals surface area contributed by atoms with Gasteiger partial charge >= 0.3 is 0 Å². The number of nitrogens with zero attached hydrogens (tertiary/aromatic N) is 2. The Morgan fingerprint density at radius 1 is 0.782 bits per heavy atom. The number of hydrogen-bond donors (Lipinski definition) is 11. The molecule has 296 valence electrons. The van der Waals surface area contributed by atoms with Crippen molar-refractivity contribution in [1.82, 2.24) is 36.6 Å². The number of aliphatic imine (C=N–C) groups is 1. The first kappa shape index (κ1) is 43.1. The normalized spacial score (nSPS) is 14.1. The molecule has 0 spiro atoms. The number of aromatic amines is 1. The molecule has 1 aromatic heterocycles. The van der Waals surface area contributed by atoms with E-state index in [4.69, 9.17) is 17.2 Å². The van der Waals surface area contributed by atoms with E-state index in [0.717, 1.165) is 0 Å². The molecule has 0 aliphatic heterocycles. The Hall–Kier alpha value is -6.34. The van der Waals surface area contributed by atoms with E-state index in [2.05, 4.69) is 41.5 Å². The molecule has 0 fully saturated rings. The summed E-state index contributed by atoms with van der Waals surface area (Å²) in [5.41, 5.74) is 18.3. The maximum absolute atomic E-state index is 14.0. The fourth-order valence-electron chi connectivity index (χ4n) is 5.27. The van der Waals surface area contributed by atoms with Crippen LogP contribution >= 0.6 is 0 Å². The van der Waals surface area contributed by atoms with Gasteiger partial charge in [-0.3, -0.25) is 29.0 Å². The number of H-pyrrole nitrogens is 1. The van der Waals surface area contributed by atoms with Crippen LogP contribution in [0.4, 0.5) is 0 Å². The van der Waals surface area contributed by atoms with Crippen LogP contribution in [0, 0.1) is 0 Å². The number of carbonyl (C=O) groups excluding carboxylic acids is 6. The van der Waals surface area contributed by atoms with Crippen molar-refractivity contribution in [2.45, 2.75) is 75.3 Å². The lowest BCUT2D eigenvalue weighted by Gasteiger charge is -2.27. The highest BCUT2D eigenvalue weighted by Crippen LogP contribution is 2.13. The number of nitrogens with one attached hydrogen (secondary N) is 6. The van der Waals surface area contributed by atoms with Gasteiger partial charge in [-0.2, -0.15) is 0 Å². The third-order valence-electron chi connectivity index (χ3n) is 8.22. The van der Waals surface area contributed by atoms with Gasteiger partial charge in [0.25, 0.3) is 0 Å². The molecule has 2 aromatic carbocycles. The number of imidazole rings is 1. The zero-order valence-corrected chi connectivity index (χ0v) is 30.3. The second kappa shape index (κ2) is 22.0. The SMILES string of the molecule is C[C@@H](C=O)NC(=O)[C@H](Cc1ccccc1)NC(=O)[C@H](Cc1cnc[nH]1)NC(=O)[C@H](CCCN=C(N)N)NC(=O)[C@H](Cc1ccc(O)cc1)NC(=O)[C@@H](N)CO. The van der Waals surface area contributed by atoms with Crippen molar-refractivity contribution in [3.63, 3.8) is 0 Å². The topological polar surface area (TPSA) is 322 Å². The van der Waals surface area contributed by atoms with Crippen LogP contribution in [0.3, 0.4) is 0 Å². The average Bonchev–Trinajstić information content (AvgIpc) is 3.68. The molecule has 0 saturated heterocycles. The summed E-state index contributed by atoms with van der Waals surface area (Å²) >= 11 is 0. The maximum Gasteiger partial charge on any atom is 0.243 e. The molecule has 0 bridgehead atoms. The van der Waals surface area contributed by atoms with E-state index in [1.54, 1.807) is 30.3 Å². The third kappa shape index (κ3) is 14.9. The molecule has 14 N–H and O–H groups in total. The van der Waals surface area contributed by atoms with Gasteiger partial charge in [0.15, 0.2) is 5.96 Å². The van der Waals surface area contributed by atoms with E-state index >= 15 is 0 Å². The number of aliphatic hydroxyl groups excluding tert-OH is 1. The molecule has 3 rings (SSSR count).